The summed E-state index contributed by atoms with van der Waals surface area (Å²) in [6.07, 6.45) is -11.8. The summed E-state index contributed by atoms with van der Waals surface area (Å²) in [5.74, 6) is -5.81. The van der Waals surface area contributed by atoms with Crippen LogP contribution in [0.25, 0.3) is 0 Å². The van der Waals surface area contributed by atoms with Gasteiger partial charge in [-0.3, -0.25) is 4.79 Å². The second-order valence-corrected chi connectivity index (χ2v) is 4.54. The molecule has 18 heavy (non-hydrogen) atoms. The van der Waals surface area contributed by atoms with Crippen molar-refractivity contribution < 1.29 is 36.2 Å². The Kier molecular flexibility index (Phi) is 3.88. The third kappa shape index (κ3) is 2.72. The summed E-state index contributed by atoms with van der Waals surface area (Å²) in [7, 11) is 0. The zero-order valence-electron chi connectivity index (χ0n) is 9.24. The number of alkyl halides is 6. The maximum atomic E-state index is 12.6. The van der Waals surface area contributed by atoms with Crippen LogP contribution in [0.3, 0.4) is 0 Å². The van der Waals surface area contributed by atoms with Gasteiger partial charge in [-0.2, -0.15) is 26.3 Å². The van der Waals surface area contributed by atoms with Crippen LogP contribution in [0.1, 0.15) is 32.1 Å². The fourth-order valence-corrected chi connectivity index (χ4v) is 2.62. The first-order chi connectivity index (χ1) is 8.02. The number of carboxylic acids is 1. The standard InChI is InChI=1S/C10H12F6O2/c11-9(12,13)6(10(14,15)16)8(7(17)18)4-2-1-3-5-8/h6H,1-5H2,(H,17,18). The predicted molar refractivity (Wildman–Crippen MR) is 48.8 cm³/mol. The molecule has 1 N–H and O–H groups in total. The molecule has 8 heteroatoms. The van der Waals surface area contributed by atoms with Crippen LogP contribution in [0.2, 0.25) is 0 Å². The minimum atomic E-state index is -5.60. The highest BCUT2D eigenvalue weighted by atomic mass is 19.4. The van der Waals surface area contributed by atoms with Crippen LogP contribution >= 0.6 is 0 Å². The summed E-state index contributed by atoms with van der Waals surface area (Å²) in [6.45, 7) is 0. The Hall–Kier alpha value is -0.950. The van der Waals surface area contributed by atoms with Crippen molar-refractivity contribution in [2.75, 3.05) is 0 Å². The van der Waals surface area contributed by atoms with Gasteiger partial charge in [-0.05, 0) is 12.8 Å². The van der Waals surface area contributed by atoms with Gasteiger partial charge in [0.15, 0.2) is 5.92 Å². The van der Waals surface area contributed by atoms with E-state index in [1.54, 1.807) is 0 Å². The normalized spacial score (nSPS) is 21.1. The summed E-state index contributed by atoms with van der Waals surface area (Å²) < 4.78 is 75.7. The van der Waals surface area contributed by atoms with Gasteiger partial charge in [0.2, 0.25) is 0 Å². The van der Waals surface area contributed by atoms with E-state index in [1.807, 2.05) is 0 Å². The molecule has 0 aromatic heterocycles. The van der Waals surface area contributed by atoms with Crippen molar-refractivity contribution in [2.45, 2.75) is 44.5 Å². The van der Waals surface area contributed by atoms with E-state index in [1.165, 1.54) is 0 Å². The molecule has 1 aliphatic rings. The number of halogens is 6. The Labute approximate surface area is 99.0 Å². The molecule has 1 saturated carbocycles. The predicted octanol–water partition coefficient (Wildman–Crippen LogP) is 3.76. The molecular weight excluding hydrogens is 266 g/mol. The van der Waals surface area contributed by atoms with Gasteiger partial charge in [-0.25, -0.2) is 0 Å². The number of aliphatic carboxylic acids is 1. The molecule has 1 aliphatic carbocycles. The van der Waals surface area contributed by atoms with Gasteiger partial charge in [0.25, 0.3) is 0 Å². The summed E-state index contributed by atoms with van der Waals surface area (Å²) >= 11 is 0. The topological polar surface area (TPSA) is 37.3 Å². The Morgan fingerprint density at radius 3 is 1.61 bits per heavy atom. The van der Waals surface area contributed by atoms with E-state index in [-0.39, 0.29) is 12.8 Å². The summed E-state index contributed by atoms with van der Waals surface area (Å²) in [5, 5.41) is 8.89. The molecule has 0 aliphatic heterocycles. The third-order valence-electron chi connectivity index (χ3n) is 3.38. The van der Waals surface area contributed by atoms with Gasteiger partial charge in [0.05, 0.1) is 5.41 Å². The van der Waals surface area contributed by atoms with Crippen molar-refractivity contribution >= 4 is 5.97 Å². The minimum Gasteiger partial charge on any atom is -0.481 e. The number of hydrogen-bond donors (Lipinski definition) is 1. The van der Waals surface area contributed by atoms with Crippen LogP contribution in [-0.2, 0) is 4.79 Å². The highest BCUT2D eigenvalue weighted by Gasteiger charge is 2.68. The van der Waals surface area contributed by atoms with E-state index in [0.717, 1.165) is 0 Å². The van der Waals surface area contributed by atoms with E-state index < -0.39 is 42.5 Å². The smallest absolute Gasteiger partial charge is 0.401 e. The second kappa shape index (κ2) is 4.62. The number of carboxylic acid groups (broad SMARTS) is 1. The molecule has 0 unspecified atom stereocenters. The Morgan fingerprint density at radius 2 is 1.33 bits per heavy atom. The van der Waals surface area contributed by atoms with Gasteiger partial charge in [0.1, 0.15) is 0 Å². The summed E-state index contributed by atoms with van der Waals surface area (Å²) in [4.78, 5) is 11.0. The third-order valence-corrected chi connectivity index (χ3v) is 3.38. The molecule has 0 aromatic rings. The summed E-state index contributed by atoms with van der Waals surface area (Å²) in [5.41, 5.74) is -2.77. The van der Waals surface area contributed by atoms with Crippen molar-refractivity contribution in [3.05, 3.63) is 0 Å². The van der Waals surface area contributed by atoms with Crippen LogP contribution in [0, 0.1) is 11.3 Å². The lowest BCUT2D eigenvalue weighted by Gasteiger charge is -2.41. The van der Waals surface area contributed by atoms with Crippen LogP contribution in [0.5, 0.6) is 0 Å². The SMILES string of the molecule is O=C(O)C1(C(C(F)(F)F)C(F)(F)F)CCCCC1. The number of carbonyl (C=O) groups is 1. The van der Waals surface area contributed by atoms with Gasteiger partial charge < -0.3 is 5.11 Å². The van der Waals surface area contributed by atoms with Crippen molar-refractivity contribution in [1.82, 2.24) is 0 Å². The molecule has 0 atom stereocenters. The van der Waals surface area contributed by atoms with E-state index in [9.17, 15) is 31.1 Å². The number of rotatable bonds is 2. The van der Waals surface area contributed by atoms with Crippen molar-refractivity contribution in [3.8, 4) is 0 Å². The molecule has 106 valence electrons. The number of hydrogen-bond acceptors (Lipinski definition) is 1. The average Bonchev–Trinajstić information content (AvgIpc) is 2.13. The van der Waals surface area contributed by atoms with Crippen LogP contribution in [0.4, 0.5) is 26.3 Å². The maximum absolute atomic E-state index is 12.6. The molecular formula is C10H12F6O2. The monoisotopic (exact) mass is 278 g/mol. The van der Waals surface area contributed by atoms with Crippen LogP contribution in [-0.4, -0.2) is 23.4 Å². The second-order valence-electron chi connectivity index (χ2n) is 4.54. The van der Waals surface area contributed by atoms with E-state index in [2.05, 4.69) is 0 Å². The first-order valence-electron chi connectivity index (χ1n) is 5.38. The molecule has 0 heterocycles. The minimum absolute atomic E-state index is 0.0644. The summed E-state index contributed by atoms with van der Waals surface area (Å²) in [6, 6.07) is 0. The highest BCUT2D eigenvalue weighted by molar-refractivity contribution is 5.75. The average molecular weight is 278 g/mol. The molecule has 0 saturated heterocycles. The molecule has 1 fully saturated rings. The van der Waals surface area contributed by atoms with Crippen molar-refractivity contribution in [3.63, 3.8) is 0 Å². The van der Waals surface area contributed by atoms with Gasteiger partial charge >= 0.3 is 18.3 Å². The lowest BCUT2D eigenvalue weighted by molar-refractivity contribution is -0.317. The van der Waals surface area contributed by atoms with Crippen LogP contribution in [0.15, 0.2) is 0 Å². The quantitative estimate of drug-likeness (QED) is 0.781. The molecule has 0 amide bonds. The maximum Gasteiger partial charge on any atom is 0.401 e. The van der Waals surface area contributed by atoms with E-state index in [4.69, 9.17) is 5.11 Å². The Morgan fingerprint density at radius 1 is 0.944 bits per heavy atom. The van der Waals surface area contributed by atoms with Crippen LogP contribution < -0.4 is 0 Å². The first-order valence-corrected chi connectivity index (χ1v) is 5.38. The van der Waals surface area contributed by atoms with E-state index in [0.29, 0.717) is 6.42 Å². The van der Waals surface area contributed by atoms with E-state index >= 15 is 0 Å². The molecule has 0 bridgehead atoms. The first kappa shape index (κ1) is 15.1. The lowest BCUT2D eigenvalue weighted by Crippen LogP contribution is -2.53. The van der Waals surface area contributed by atoms with Gasteiger partial charge in [-0.1, -0.05) is 19.3 Å². The lowest BCUT2D eigenvalue weighted by atomic mass is 9.65. The molecule has 0 aromatic carbocycles. The fraction of sp³-hybridized carbons (Fsp3) is 0.900. The largest absolute Gasteiger partial charge is 0.481 e. The Bertz CT molecular complexity index is 299. The Balaban J connectivity index is 3.26. The van der Waals surface area contributed by atoms with Crippen molar-refractivity contribution in [1.29, 1.82) is 0 Å². The molecule has 0 radical (unpaired) electrons. The molecule has 0 spiro atoms. The molecule has 1 rings (SSSR count). The fourth-order valence-electron chi connectivity index (χ4n) is 2.62. The van der Waals surface area contributed by atoms with Crippen molar-refractivity contribution in [2.24, 2.45) is 11.3 Å². The van der Waals surface area contributed by atoms with Gasteiger partial charge in [0, 0.05) is 0 Å². The highest BCUT2D eigenvalue weighted by Crippen LogP contribution is 2.55. The zero-order chi connectivity index (χ0) is 14.2. The molecule has 2 nitrogen and oxygen atoms in total. The zero-order valence-corrected chi connectivity index (χ0v) is 9.24. The van der Waals surface area contributed by atoms with Gasteiger partial charge in [-0.15, -0.1) is 0 Å².